The summed E-state index contributed by atoms with van der Waals surface area (Å²) in [5.74, 6) is 1.35. The molecule has 15 nitrogen and oxygen atoms in total. The van der Waals surface area contributed by atoms with Gasteiger partial charge >= 0.3 is 0 Å². The van der Waals surface area contributed by atoms with Gasteiger partial charge in [-0.05, 0) is 57.6 Å². The Kier molecular flexibility index (Phi) is 21.2. The molecule has 2 aliphatic rings. The van der Waals surface area contributed by atoms with Crippen molar-refractivity contribution in [3.63, 3.8) is 0 Å². The number of hydrogen-bond donors (Lipinski definition) is 0. The maximum atomic E-state index is 7.52. The molecular formula is C70H66N4O11S2. The van der Waals surface area contributed by atoms with Crippen molar-refractivity contribution < 1.29 is 51.5 Å². The minimum atomic E-state index is -1.19. The molecule has 4 heterocycles. The fourth-order valence-corrected chi connectivity index (χ4v) is 12.0. The number of ether oxygens (including phenoxy) is 9. The van der Waals surface area contributed by atoms with Crippen LogP contribution in [0.15, 0.2) is 262 Å². The third-order valence-electron chi connectivity index (χ3n) is 14.8. The van der Waals surface area contributed by atoms with Crippen molar-refractivity contribution in [2.45, 2.75) is 111 Å². The Balaban J connectivity index is 0.942. The van der Waals surface area contributed by atoms with Crippen LogP contribution in [-0.2, 0) is 82.3 Å². The van der Waals surface area contributed by atoms with Gasteiger partial charge in [-0.2, -0.15) is 0 Å². The minimum absolute atomic E-state index is 0.182. The molecule has 8 aromatic carbocycles. The summed E-state index contributed by atoms with van der Waals surface area (Å²) < 4.78 is 77.8. The van der Waals surface area contributed by atoms with Gasteiger partial charge in [0.2, 0.25) is 11.8 Å². The predicted molar refractivity (Wildman–Crippen MR) is 329 cm³/mol. The fraction of sp³-hybridized carbons (Fsp3) is 0.257. The Bertz CT molecular complexity index is 3330. The predicted octanol–water partition coefficient (Wildman–Crippen LogP) is 13.6. The molecule has 17 heteroatoms. The lowest BCUT2D eigenvalue weighted by molar-refractivity contribution is -0.387. The van der Waals surface area contributed by atoms with Crippen molar-refractivity contribution in [1.29, 1.82) is 0 Å². The zero-order chi connectivity index (χ0) is 58.7. The lowest BCUT2D eigenvalue weighted by Gasteiger charge is -2.50. The van der Waals surface area contributed by atoms with Crippen molar-refractivity contribution in [3.05, 3.63) is 276 Å². The summed E-state index contributed by atoms with van der Waals surface area (Å²) in [5.41, 5.74) is 7.32. The summed E-state index contributed by atoms with van der Waals surface area (Å²) >= 11 is 2.70. The average Bonchev–Trinajstić information content (AvgIpc) is 2.32. The Morgan fingerprint density at radius 1 is 0.287 bits per heavy atom. The van der Waals surface area contributed by atoms with E-state index in [1.807, 2.05) is 243 Å². The molecule has 0 spiro atoms. The van der Waals surface area contributed by atoms with Crippen LogP contribution in [0.5, 0.6) is 0 Å². The normalized spacial score (nSPS) is 22.0. The van der Waals surface area contributed by atoms with Gasteiger partial charge in [0.05, 0.1) is 51.8 Å². The van der Waals surface area contributed by atoms with Crippen LogP contribution < -0.4 is 0 Å². The first-order valence-corrected chi connectivity index (χ1v) is 31.0. The molecule has 0 amide bonds. The maximum absolute atomic E-state index is 7.52. The second-order valence-electron chi connectivity index (χ2n) is 20.9. The molecule has 2 saturated heterocycles. The van der Waals surface area contributed by atoms with Crippen LogP contribution in [-0.4, -0.2) is 93.3 Å². The highest BCUT2D eigenvalue weighted by Crippen LogP contribution is 2.39. The van der Waals surface area contributed by atoms with Gasteiger partial charge in [-0.15, -0.1) is 20.4 Å². The van der Waals surface area contributed by atoms with Gasteiger partial charge < -0.3 is 51.5 Å². The molecule has 10 atom stereocenters. The highest BCUT2D eigenvalue weighted by molar-refractivity contribution is 7.99. The Morgan fingerprint density at radius 3 is 0.828 bits per heavy atom. The average molecular weight is 1200 g/mol. The lowest BCUT2D eigenvalue weighted by atomic mass is 9.97. The largest absolute Gasteiger partial charge is 0.411 e. The van der Waals surface area contributed by atoms with E-state index in [2.05, 4.69) is 20.4 Å². The van der Waals surface area contributed by atoms with E-state index in [0.29, 0.717) is 22.2 Å². The van der Waals surface area contributed by atoms with Gasteiger partial charge in [0.1, 0.15) is 36.6 Å². The minimum Gasteiger partial charge on any atom is -0.411 e. The summed E-state index contributed by atoms with van der Waals surface area (Å²) in [6.45, 7) is 1.29. The standard InChI is InChI=1S/C70H66N4O11S2/c1-9-25-49(26-10-1)41-75-59-57(47-86-69-73-71-65(83-69)55-37-21-7-22-38-55)81-67(63(79-45-53-33-17-5-18-34-53)61(59)77-43-51-29-13-3-14-30-51)85-68-64(80-46-54-35-19-6-20-36-54)62(78-44-52-31-15-4-16-32-52)60(76-42-50-27-11-2-12-28-50)58(82-68)48-87-70-74-72-66(84-70)56-39-23-8-24-40-56/h1-40,57-64,67-68H,41-48H2/t57-,58-,59-,60-,61+,62+,63-,64-,67-,68-/m1/s1. The van der Waals surface area contributed by atoms with E-state index in [4.69, 9.17) is 51.5 Å². The quantitative estimate of drug-likeness (QED) is 0.0426. The molecule has 12 rings (SSSR count). The molecule has 87 heavy (non-hydrogen) atoms. The molecule has 0 N–H and O–H groups in total. The zero-order valence-electron chi connectivity index (χ0n) is 47.6. The van der Waals surface area contributed by atoms with Gasteiger partial charge in [0, 0.05) is 22.6 Å². The van der Waals surface area contributed by atoms with Crippen molar-refractivity contribution >= 4 is 23.5 Å². The number of aromatic nitrogens is 4. The fourth-order valence-electron chi connectivity index (χ4n) is 10.3. The molecule has 2 fully saturated rings. The van der Waals surface area contributed by atoms with Gasteiger partial charge in [0.25, 0.3) is 10.4 Å². The van der Waals surface area contributed by atoms with Crippen LogP contribution in [0, 0.1) is 0 Å². The molecular weight excluding hydrogens is 1140 g/mol. The Labute approximate surface area is 514 Å². The first kappa shape index (κ1) is 59.7. The van der Waals surface area contributed by atoms with Crippen molar-refractivity contribution in [2.24, 2.45) is 0 Å². The number of rotatable bonds is 28. The molecule has 10 aromatic rings. The first-order valence-electron chi connectivity index (χ1n) is 29.0. The van der Waals surface area contributed by atoms with E-state index in [0.717, 1.165) is 44.5 Å². The molecule has 0 radical (unpaired) electrons. The summed E-state index contributed by atoms with van der Waals surface area (Å²) in [6, 6.07) is 79.5. The van der Waals surface area contributed by atoms with E-state index >= 15 is 0 Å². The number of thioether (sulfide) groups is 2. The van der Waals surface area contributed by atoms with Crippen LogP contribution in [0.3, 0.4) is 0 Å². The maximum Gasteiger partial charge on any atom is 0.276 e. The SMILES string of the molecule is c1ccc(CO[C@@H]2[C@@H](OCc3ccccc3)[C@@H](O[C@H]3O[C@H](CSc4nnc(-c5ccccc5)o4)[C@@H](OCc4ccccc4)[C@H](OCc4ccccc4)[C@H]3OCc3ccccc3)O[C@H](CSc3nnc(-c4ccccc4)o3)[C@H]2OCc2ccccc2)cc1. The Morgan fingerprint density at radius 2 is 0.540 bits per heavy atom. The van der Waals surface area contributed by atoms with E-state index in [-0.39, 0.29) is 51.1 Å². The van der Waals surface area contributed by atoms with E-state index in [9.17, 15) is 0 Å². The van der Waals surface area contributed by atoms with E-state index < -0.39 is 61.4 Å². The van der Waals surface area contributed by atoms with Gasteiger partial charge in [-0.3, -0.25) is 0 Å². The zero-order valence-corrected chi connectivity index (χ0v) is 49.3. The van der Waals surface area contributed by atoms with Crippen molar-refractivity contribution in [3.8, 4) is 22.9 Å². The summed E-state index contributed by atoms with van der Waals surface area (Å²) in [4.78, 5) is 0. The smallest absolute Gasteiger partial charge is 0.276 e. The Hall–Kier alpha value is -7.62. The monoisotopic (exact) mass is 1200 g/mol. The molecule has 0 unspecified atom stereocenters. The topological polar surface area (TPSA) is 161 Å². The molecule has 0 bridgehead atoms. The van der Waals surface area contributed by atoms with Crippen molar-refractivity contribution in [2.75, 3.05) is 11.5 Å². The van der Waals surface area contributed by atoms with Crippen molar-refractivity contribution in [1.82, 2.24) is 20.4 Å². The molecule has 2 aromatic heterocycles. The van der Waals surface area contributed by atoms with Gasteiger partial charge in [0.15, 0.2) is 12.6 Å². The molecule has 2 aliphatic heterocycles. The third-order valence-corrected chi connectivity index (χ3v) is 16.6. The summed E-state index contributed by atoms with van der Waals surface area (Å²) in [7, 11) is 0. The van der Waals surface area contributed by atoms with Crippen LogP contribution in [0.1, 0.15) is 33.4 Å². The molecule has 0 saturated carbocycles. The van der Waals surface area contributed by atoms with Crippen LogP contribution >= 0.6 is 23.5 Å². The van der Waals surface area contributed by atoms with Gasteiger partial charge in [-0.1, -0.05) is 242 Å². The summed E-state index contributed by atoms with van der Waals surface area (Å²) in [5, 5.41) is 18.5. The van der Waals surface area contributed by atoms with E-state index in [1.165, 1.54) is 23.5 Å². The highest BCUT2D eigenvalue weighted by atomic mass is 32.2. The number of nitrogens with zero attached hydrogens (tertiary/aromatic N) is 4. The summed E-state index contributed by atoms with van der Waals surface area (Å²) in [6.07, 6.45) is -8.87. The number of hydrogen-bond acceptors (Lipinski definition) is 17. The molecule has 0 aliphatic carbocycles. The lowest BCUT2D eigenvalue weighted by Crippen LogP contribution is -2.65. The third kappa shape index (κ3) is 16.5. The van der Waals surface area contributed by atoms with Crippen LogP contribution in [0.4, 0.5) is 0 Å². The van der Waals surface area contributed by atoms with E-state index in [1.54, 1.807) is 0 Å². The second-order valence-corrected chi connectivity index (χ2v) is 22.8. The van der Waals surface area contributed by atoms with Crippen LogP contribution in [0.25, 0.3) is 22.9 Å². The highest BCUT2D eigenvalue weighted by Gasteiger charge is 2.54. The number of benzene rings is 8. The van der Waals surface area contributed by atoms with Crippen LogP contribution in [0.2, 0.25) is 0 Å². The first-order chi connectivity index (χ1) is 43.1. The molecule has 444 valence electrons. The van der Waals surface area contributed by atoms with Gasteiger partial charge in [-0.25, -0.2) is 0 Å². The second kappa shape index (κ2) is 30.8.